The molecule has 2 aliphatic rings. The topological polar surface area (TPSA) is 59.1 Å². The van der Waals surface area contributed by atoms with E-state index in [4.69, 9.17) is 9.47 Å². The van der Waals surface area contributed by atoms with Crippen LogP contribution in [0.4, 0.5) is 11.4 Å². The summed E-state index contributed by atoms with van der Waals surface area (Å²) >= 11 is 3.36. The summed E-state index contributed by atoms with van der Waals surface area (Å²) in [5.74, 6) is 1.42. The molecule has 0 fully saturated rings. The molecule has 0 radical (unpaired) electrons. The van der Waals surface area contributed by atoms with Crippen molar-refractivity contribution in [3.63, 3.8) is 0 Å². The highest BCUT2D eigenvalue weighted by molar-refractivity contribution is 7.91. The molecule has 2 aliphatic heterocycles. The van der Waals surface area contributed by atoms with E-state index < -0.39 is 9.84 Å². The van der Waals surface area contributed by atoms with Crippen molar-refractivity contribution in [2.75, 3.05) is 23.3 Å². The van der Waals surface area contributed by atoms with Gasteiger partial charge in [0.25, 0.3) is 0 Å². The van der Waals surface area contributed by atoms with Crippen molar-refractivity contribution in [3.05, 3.63) is 130 Å². The van der Waals surface area contributed by atoms with Crippen LogP contribution in [0.1, 0.15) is 11.1 Å². The molecular weight excluding hydrogens is 621 g/mol. The van der Waals surface area contributed by atoms with Gasteiger partial charge in [-0.25, -0.2) is 8.42 Å². The molecule has 4 heterocycles. The molecule has 45 heavy (non-hydrogen) atoms. The third kappa shape index (κ3) is 5.37. The number of sulfone groups is 1. The molecule has 8 rings (SSSR count). The number of thiophene rings is 2. The van der Waals surface area contributed by atoms with Crippen LogP contribution >= 0.6 is 22.7 Å². The first-order valence-electron chi connectivity index (χ1n) is 14.5. The second-order valence-corrected chi connectivity index (χ2v) is 14.6. The van der Waals surface area contributed by atoms with Gasteiger partial charge in [0.05, 0.1) is 9.79 Å². The van der Waals surface area contributed by atoms with E-state index in [1.54, 1.807) is 59.1 Å². The lowest BCUT2D eigenvalue weighted by Gasteiger charge is -2.31. The van der Waals surface area contributed by atoms with Gasteiger partial charge in [0.15, 0.2) is 13.5 Å². The number of hydrogen-bond donors (Lipinski definition) is 0. The Labute approximate surface area is 270 Å². The summed E-state index contributed by atoms with van der Waals surface area (Å²) in [6.07, 6.45) is 0. The Morgan fingerprint density at radius 3 is 1.38 bits per heavy atom. The standard InChI is InChI=1S/C36H28N2O4S3/c39-45(40,33-9-11-35-29(17-33)19-37(23-41-35)31-5-1-25(2-6-31)27-13-15-43-21-27)34-10-12-36-30(18-34)20-38(24-42-36)32-7-3-26(4-8-32)28-14-16-44-22-28/h1-18,21-22H,19-20,23-24H2. The summed E-state index contributed by atoms with van der Waals surface area (Å²) in [6, 6.07) is 31.3. The van der Waals surface area contributed by atoms with E-state index in [2.05, 4.69) is 92.0 Å². The molecule has 6 nitrogen and oxygen atoms in total. The molecule has 2 aromatic heterocycles. The molecule has 0 aliphatic carbocycles. The fourth-order valence-electron chi connectivity index (χ4n) is 5.83. The van der Waals surface area contributed by atoms with Crippen LogP contribution < -0.4 is 19.3 Å². The normalized spacial score (nSPS) is 14.3. The molecule has 0 bridgehead atoms. The van der Waals surface area contributed by atoms with E-state index in [0.29, 0.717) is 38.1 Å². The predicted octanol–water partition coefficient (Wildman–Crippen LogP) is 8.69. The van der Waals surface area contributed by atoms with Crippen LogP contribution in [0.2, 0.25) is 0 Å². The van der Waals surface area contributed by atoms with Crippen LogP contribution in [0.3, 0.4) is 0 Å². The second kappa shape index (κ2) is 11.4. The molecule has 224 valence electrons. The van der Waals surface area contributed by atoms with Crippen molar-refractivity contribution in [1.29, 1.82) is 0 Å². The summed E-state index contributed by atoms with van der Waals surface area (Å²) in [6.45, 7) is 1.90. The number of anilines is 2. The zero-order valence-corrected chi connectivity index (χ0v) is 26.6. The predicted molar refractivity (Wildman–Crippen MR) is 181 cm³/mol. The largest absolute Gasteiger partial charge is 0.473 e. The Morgan fingerprint density at radius 1 is 0.533 bits per heavy atom. The second-order valence-electron chi connectivity index (χ2n) is 11.1. The van der Waals surface area contributed by atoms with Crippen LogP contribution in [-0.4, -0.2) is 21.9 Å². The third-order valence-electron chi connectivity index (χ3n) is 8.33. The quantitative estimate of drug-likeness (QED) is 0.180. The van der Waals surface area contributed by atoms with Crippen LogP contribution in [0.15, 0.2) is 128 Å². The molecule has 0 spiro atoms. The molecular formula is C36H28N2O4S3. The fraction of sp³-hybridized carbons (Fsp3) is 0.111. The minimum Gasteiger partial charge on any atom is -0.473 e. The summed E-state index contributed by atoms with van der Waals surface area (Å²) in [4.78, 5) is 4.70. The van der Waals surface area contributed by atoms with Crippen molar-refractivity contribution in [2.45, 2.75) is 22.9 Å². The molecule has 0 N–H and O–H groups in total. The SMILES string of the molecule is O=S(=O)(c1ccc2c(c1)CN(c1ccc(-c3ccsc3)cc1)CO2)c1ccc2c(c1)CN(c1ccc(-c3ccsc3)cc1)CO2. The molecule has 4 aromatic carbocycles. The molecule has 0 unspecified atom stereocenters. The fourth-order valence-corrected chi connectivity index (χ4v) is 8.52. The van der Waals surface area contributed by atoms with Gasteiger partial charge in [0.1, 0.15) is 11.5 Å². The maximum Gasteiger partial charge on any atom is 0.206 e. The number of hydrogen-bond acceptors (Lipinski definition) is 8. The maximum atomic E-state index is 13.9. The highest BCUT2D eigenvalue weighted by atomic mass is 32.2. The van der Waals surface area contributed by atoms with E-state index in [-0.39, 0.29) is 9.79 Å². The smallest absolute Gasteiger partial charge is 0.206 e. The highest BCUT2D eigenvalue weighted by Gasteiger charge is 2.26. The van der Waals surface area contributed by atoms with Crippen molar-refractivity contribution in [3.8, 4) is 33.8 Å². The number of fused-ring (bicyclic) bond motifs is 2. The van der Waals surface area contributed by atoms with Crippen molar-refractivity contribution >= 4 is 43.9 Å². The van der Waals surface area contributed by atoms with Crippen LogP contribution in [0.25, 0.3) is 22.3 Å². The van der Waals surface area contributed by atoms with E-state index in [9.17, 15) is 8.42 Å². The van der Waals surface area contributed by atoms with E-state index >= 15 is 0 Å². The summed E-state index contributed by atoms with van der Waals surface area (Å²) in [7, 11) is -3.78. The number of nitrogens with zero attached hydrogens (tertiary/aromatic N) is 2. The van der Waals surface area contributed by atoms with Gasteiger partial charge in [-0.15, -0.1) is 0 Å². The Balaban J connectivity index is 1.01. The molecule has 6 aromatic rings. The lowest BCUT2D eigenvalue weighted by atomic mass is 10.1. The van der Waals surface area contributed by atoms with Gasteiger partial charge in [-0.3, -0.25) is 0 Å². The average Bonchev–Trinajstić information content (AvgIpc) is 3.83. The average molecular weight is 649 g/mol. The van der Waals surface area contributed by atoms with Crippen molar-refractivity contribution in [1.82, 2.24) is 0 Å². The van der Waals surface area contributed by atoms with Gasteiger partial charge in [-0.05, 0) is 117 Å². The van der Waals surface area contributed by atoms with Crippen LogP contribution in [0.5, 0.6) is 11.5 Å². The molecule has 0 amide bonds. The lowest BCUT2D eigenvalue weighted by molar-refractivity contribution is 0.289. The number of rotatable bonds is 6. The molecule has 0 saturated heterocycles. The minimum absolute atomic E-state index is 0.247. The number of benzene rings is 4. The molecule has 0 atom stereocenters. The van der Waals surface area contributed by atoms with Gasteiger partial charge in [0.2, 0.25) is 9.84 Å². The van der Waals surface area contributed by atoms with Gasteiger partial charge >= 0.3 is 0 Å². The summed E-state index contributed by atoms with van der Waals surface area (Å²) < 4.78 is 39.9. The van der Waals surface area contributed by atoms with Gasteiger partial charge in [-0.2, -0.15) is 22.7 Å². The summed E-state index contributed by atoms with van der Waals surface area (Å²) in [5.41, 5.74) is 8.44. The minimum atomic E-state index is -3.78. The number of ether oxygens (including phenoxy) is 2. The monoisotopic (exact) mass is 648 g/mol. The van der Waals surface area contributed by atoms with Gasteiger partial charge in [-0.1, -0.05) is 24.3 Å². The Bertz CT molecular complexity index is 1930. The van der Waals surface area contributed by atoms with E-state index in [1.165, 1.54) is 11.1 Å². The van der Waals surface area contributed by atoms with Gasteiger partial charge < -0.3 is 19.3 Å². The first kappa shape index (κ1) is 27.9. The van der Waals surface area contributed by atoms with Gasteiger partial charge in [0, 0.05) is 35.6 Å². The molecule has 0 saturated carbocycles. The van der Waals surface area contributed by atoms with Crippen LogP contribution in [-0.2, 0) is 22.9 Å². The summed E-state index contributed by atoms with van der Waals surface area (Å²) in [5, 5.41) is 8.41. The Kier molecular flexibility index (Phi) is 7.09. The Morgan fingerprint density at radius 2 is 0.978 bits per heavy atom. The zero-order chi connectivity index (χ0) is 30.4. The first-order valence-corrected chi connectivity index (χ1v) is 17.9. The van der Waals surface area contributed by atoms with Crippen LogP contribution in [0, 0.1) is 0 Å². The van der Waals surface area contributed by atoms with Crippen molar-refractivity contribution in [2.24, 2.45) is 0 Å². The Hall–Kier alpha value is -4.57. The lowest BCUT2D eigenvalue weighted by Crippen LogP contribution is -2.32. The first-order chi connectivity index (χ1) is 22.0. The molecule has 9 heteroatoms. The van der Waals surface area contributed by atoms with E-state index in [0.717, 1.165) is 33.6 Å². The van der Waals surface area contributed by atoms with E-state index in [1.807, 2.05) is 0 Å². The third-order valence-corrected chi connectivity index (χ3v) is 11.4. The maximum absolute atomic E-state index is 13.9. The highest BCUT2D eigenvalue weighted by Crippen LogP contribution is 2.36. The van der Waals surface area contributed by atoms with Crippen molar-refractivity contribution < 1.29 is 17.9 Å². The zero-order valence-electron chi connectivity index (χ0n) is 24.1.